The molecule has 0 saturated carbocycles. The fourth-order valence-electron chi connectivity index (χ4n) is 2.02. The molecule has 3 aromatic rings. The predicted molar refractivity (Wildman–Crippen MR) is 85.3 cm³/mol. The number of nitrogens with one attached hydrogen (secondary N) is 1. The zero-order chi connectivity index (χ0) is 15.5. The van der Waals surface area contributed by atoms with Crippen molar-refractivity contribution >= 4 is 40.2 Å². The zero-order valence-corrected chi connectivity index (χ0v) is 12.1. The van der Waals surface area contributed by atoms with Gasteiger partial charge in [0.05, 0.1) is 10.7 Å². The van der Waals surface area contributed by atoms with E-state index in [4.69, 9.17) is 16.0 Å². The van der Waals surface area contributed by atoms with Crippen LogP contribution in [0.15, 0.2) is 59.0 Å². The molecule has 1 aromatic heterocycles. The molecule has 0 unspecified atom stereocenters. The van der Waals surface area contributed by atoms with Crippen molar-refractivity contribution < 1.29 is 13.6 Å². The van der Waals surface area contributed by atoms with Crippen molar-refractivity contribution in [3.05, 3.63) is 71.2 Å². The van der Waals surface area contributed by atoms with Crippen molar-refractivity contribution in [2.75, 3.05) is 5.32 Å². The molecule has 2 aromatic carbocycles. The topological polar surface area (TPSA) is 42.2 Å². The number of carbonyl (C=O) groups excluding carboxylic acids is 1. The first-order valence-corrected chi connectivity index (χ1v) is 6.93. The van der Waals surface area contributed by atoms with Gasteiger partial charge in [-0.25, -0.2) is 4.39 Å². The van der Waals surface area contributed by atoms with Gasteiger partial charge in [0, 0.05) is 11.5 Å². The number of benzene rings is 2. The molecule has 0 spiro atoms. The number of furan rings is 1. The van der Waals surface area contributed by atoms with Gasteiger partial charge in [0.15, 0.2) is 5.82 Å². The van der Waals surface area contributed by atoms with Gasteiger partial charge in [0.1, 0.15) is 11.3 Å². The second kappa shape index (κ2) is 6.03. The third-order valence-electron chi connectivity index (χ3n) is 3.05. The Kier molecular flexibility index (Phi) is 3.94. The minimum absolute atomic E-state index is 0.0340. The summed E-state index contributed by atoms with van der Waals surface area (Å²) < 4.78 is 19.2. The number of anilines is 1. The Labute approximate surface area is 131 Å². The molecular weight excluding hydrogens is 305 g/mol. The maximum atomic E-state index is 13.7. The van der Waals surface area contributed by atoms with Gasteiger partial charge in [-0.1, -0.05) is 35.9 Å². The predicted octanol–water partition coefficient (Wildman–Crippen LogP) is 4.88. The first-order chi connectivity index (χ1) is 10.6. The molecule has 0 saturated heterocycles. The summed E-state index contributed by atoms with van der Waals surface area (Å²) in [5, 5.41) is 3.33. The number of carbonyl (C=O) groups is 1. The van der Waals surface area contributed by atoms with Crippen LogP contribution < -0.4 is 5.32 Å². The summed E-state index contributed by atoms with van der Waals surface area (Å²) in [4.78, 5) is 11.8. The Morgan fingerprint density at radius 2 is 2.00 bits per heavy atom. The lowest BCUT2D eigenvalue weighted by Gasteiger charge is -2.04. The number of para-hydroxylation sites is 1. The summed E-state index contributed by atoms with van der Waals surface area (Å²) in [6.07, 6.45) is 2.80. The first-order valence-electron chi connectivity index (χ1n) is 6.55. The third kappa shape index (κ3) is 3.02. The van der Waals surface area contributed by atoms with E-state index in [1.54, 1.807) is 6.07 Å². The lowest BCUT2D eigenvalue weighted by molar-refractivity contribution is -0.111. The zero-order valence-electron chi connectivity index (χ0n) is 11.3. The van der Waals surface area contributed by atoms with Gasteiger partial charge in [-0.3, -0.25) is 4.79 Å². The van der Waals surface area contributed by atoms with Crippen LogP contribution in [0, 0.1) is 5.82 Å². The van der Waals surface area contributed by atoms with Crippen LogP contribution in [0.1, 0.15) is 5.76 Å². The Morgan fingerprint density at radius 3 is 2.82 bits per heavy atom. The second-order valence-electron chi connectivity index (χ2n) is 4.61. The fourth-order valence-corrected chi connectivity index (χ4v) is 2.19. The minimum atomic E-state index is -0.658. The lowest BCUT2D eigenvalue weighted by atomic mass is 10.2. The van der Waals surface area contributed by atoms with Crippen LogP contribution >= 0.6 is 11.6 Å². The highest BCUT2D eigenvalue weighted by Crippen LogP contribution is 2.22. The Bertz CT molecular complexity index is 837. The highest BCUT2D eigenvalue weighted by atomic mass is 35.5. The summed E-state index contributed by atoms with van der Waals surface area (Å²) in [5.74, 6) is -0.584. The molecule has 1 N–H and O–H groups in total. The summed E-state index contributed by atoms with van der Waals surface area (Å²) in [6, 6.07) is 13.8. The number of amides is 1. The van der Waals surface area contributed by atoms with E-state index in [1.165, 1.54) is 24.3 Å². The summed E-state index contributed by atoms with van der Waals surface area (Å²) in [6.45, 7) is 0. The molecule has 0 aliphatic rings. The molecule has 5 heteroatoms. The van der Waals surface area contributed by atoms with Crippen molar-refractivity contribution in [1.82, 2.24) is 0 Å². The van der Waals surface area contributed by atoms with Crippen LogP contribution in [0.4, 0.5) is 10.1 Å². The standard InChI is InChI=1S/C17H11ClFNO2/c18-13-5-3-6-14(17(13)19)20-16(21)9-8-12-10-11-4-1-2-7-15(11)22-12/h1-10H,(H,20,21)/b9-8+. The normalized spacial score (nSPS) is 11.2. The lowest BCUT2D eigenvalue weighted by Crippen LogP contribution is -2.09. The molecular formula is C17H11ClFNO2. The van der Waals surface area contributed by atoms with Gasteiger partial charge < -0.3 is 9.73 Å². The molecule has 3 nitrogen and oxygen atoms in total. The van der Waals surface area contributed by atoms with E-state index in [-0.39, 0.29) is 10.7 Å². The van der Waals surface area contributed by atoms with Gasteiger partial charge in [-0.15, -0.1) is 0 Å². The van der Waals surface area contributed by atoms with Gasteiger partial charge >= 0.3 is 0 Å². The molecule has 22 heavy (non-hydrogen) atoms. The smallest absolute Gasteiger partial charge is 0.248 e. The van der Waals surface area contributed by atoms with Crippen LogP contribution in [-0.4, -0.2) is 5.91 Å². The van der Waals surface area contributed by atoms with E-state index < -0.39 is 11.7 Å². The van der Waals surface area contributed by atoms with Crippen LogP contribution in [0.3, 0.4) is 0 Å². The molecule has 0 bridgehead atoms. The van der Waals surface area contributed by atoms with E-state index >= 15 is 0 Å². The van der Waals surface area contributed by atoms with E-state index in [1.807, 2.05) is 30.3 Å². The monoisotopic (exact) mass is 315 g/mol. The van der Waals surface area contributed by atoms with Crippen LogP contribution in [0.2, 0.25) is 5.02 Å². The molecule has 1 amide bonds. The van der Waals surface area contributed by atoms with Crippen molar-refractivity contribution in [3.63, 3.8) is 0 Å². The quantitative estimate of drug-likeness (QED) is 0.700. The summed E-state index contributed by atoms with van der Waals surface area (Å²) in [5.41, 5.74) is 0.773. The number of hydrogen-bond donors (Lipinski definition) is 1. The van der Waals surface area contributed by atoms with E-state index in [0.717, 1.165) is 11.0 Å². The maximum absolute atomic E-state index is 13.7. The molecule has 1 heterocycles. The van der Waals surface area contributed by atoms with Gasteiger partial charge in [0.2, 0.25) is 5.91 Å². The number of fused-ring (bicyclic) bond motifs is 1. The molecule has 0 radical (unpaired) electrons. The minimum Gasteiger partial charge on any atom is -0.457 e. The third-order valence-corrected chi connectivity index (χ3v) is 3.34. The number of halogens is 2. The molecule has 0 fully saturated rings. The van der Waals surface area contributed by atoms with Gasteiger partial charge in [-0.2, -0.15) is 0 Å². The van der Waals surface area contributed by atoms with Crippen molar-refractivity contribution in [2.45, 2.75) is 0 Å². The first kappa shape index (κ1) is 14.4. The second-order valence-corrected chi connectivity index (χ2v) is 5.02. The highest BCUT2D eigenvalue weighted by Gasteiger charge is 2.08. The molecule has 0 aliphatic heterocycles. The molecule has 0 atom stereocenters. The largest absolute Gasteiger partial charge is 0.457 e. The van der Waals surface area contributed by atoms with Crippen LogP contribution in [0.25, 0.3) is 17.0 Å². The van der Waals surface area contributed by atoms with Crippen LogP contribution in [-0.2, 0) is 4.79 Å². The Morgan fingerprint density at radius 1 is 1.18 bits per heavy atom. The Balaban J connectivity index is 1.74. The average Bonchev–Trinajstić information content (AvgIpc) is 2.93. The number of rotatable bonds is 3. The number of hydrogen-bond acceptors (Lipinski definition) is 2. The molecule has 0 aliphatic carbocycles. The average molecular weight is 316 g/mol. The molecule has 3 rings (SSSR count). The fraction of sp³-hybridized carbons (Fsp3) is 0. The van der Waals surface area contributed by atoms with Gasteiger partial charge in [0.25, 0.3) is 0 Å². The van der Waals surface area contributed by atoms with E-state index in [9.17, 15) is 9.18 Å². The highest BCUT2D eigenvalue weighted by molar-refractivity contribution is 6.31. The maximum Gasteiger partial charge on any atom is 0.248 e. The van der Waals surface area contributed by atoms with Crippen LogP contribution in [0.5, 0.6) is 0 Å². The van der Waals surface area contributed by atoms with Crippen molar-refractivity contribution in [1.29, 1.82) is 0 Å². The SMILES string of the molecule is O=C(/C=C/c1cc2ccccc2o1)Nc1cccc(Cl)c1F. The van der Waals surface area contributed by atoms with Gasteiger partial charge in [-0.05, 0) is 30.3 Å². The van der Waals surface area contributed by atoms with E-state index in [2.05, 4.69) is 5.32 Å². The van der Waals surface area contributed by atoms with Crippen molar-refractivity contribution in [2.24, 2.45) is 0 Å². The Hall–Kier alpha value is -2.59. The summed E-state index contributed by atoms with van der Waals surface area (Å²) in [7, 11) is 0. The van der Waals surface area contributed by atoms with Crippen molar-refractivity contribution in [3.8, 4) is 0 Å². The van der Waals surface area contributed by atoms with E-state index in [0.29, 0.717) is 5.76 Å². The molecule has 110 valence electrons. The summed E-state index contributed by atoms with van der Waals surface area (Å²) >= 11 is 5.66.